The van der Waals surface area contributed by atoms with E-state index in [2.05, 4.69) is 25.8 Å². The molecular weight excluding hydrogens is 454 g/mol. The van der Waals surface area contributed by atoms with Gasteiger partial charge in [0.1, 0.15) is 0 Å². The van der Waals surface area contributed by atoms with E-state index in [0.717, 1.165) is 5.39 Å². The first kappa shape index (κ1) is 21.3. The molecule has 1 aromatic heterocycles. The molecule has 162 valence electrons. The Morgan fingerprint density at radius 1 is 0.906 bits per heavy atom. The van der Waals surface area contributed by atoms with Gasteiger partial charge in [-0.3, -0.25) is 30.3 Å². The van der Waals surface area contributed by atoms with E-state index < -0.39 is 21.8 Å². The van der Waals surface area contributed by atoms with Crippen LogP contribution in [0.25, 0.3) is 10.9 Å². The van der Waals surface area contributed by atoms with Crippen molar-refractivity contribution in [2.75, 3.05) is 4.72 Å². The quantitative estimate of drug-likeness (QED) is 0.333. The summed E-state index contributed by atoms with van der Waals surface area (Å²) in [5, 5.41) is 7.60. The molecule has 0 atom stereocenters. The van der Waals surface area contributed by atoms with Gasteiger partial charge in [0, 0.05) is 10.9 Å². The summed E-state index contributed by atoms with van der Waals surface area (Å²) >= 11 is 6.01. The van der Waals surface area contributed by atoms with Crippen molar-refractivity contribution in [3.63, 3.8) is 0 Å². The number of halogens is 1. The number of benzene rings is 3. The molecule has 0 saturated carbocycles. The maximum atomic E-state index is 12.7. The lowest BCUT2D eigenvalue weighted by atomic mass is 10.1. The first-order valence-corrected chi connectivity index (χ1v) is 11.1. The Balaban J connectivity index is 1.48. The van der Waals surface area contributed by atoms with Gasteiger partial charge in [0.2, 0.25) is 0 Å². The van der Waals surface area contributed by atoms with Crippen LogP contribution in [0.1, 0.15) is 20.7 Å². The zero-order valence-electron chi connectivity index (χ0n) is 16.3. The summed E-state index contributed by atoms with van der Waals surface area (Å²) in [6.07, 6.45) is 1.58. The number of rotatable bonds is 5. The zero-order valence-corrected chi connectivity index (χ0v) is 17.9. The van der Waals surface area contributed by atoms with E-state index in [0.29, 0.717) is 11.1 Å². The number of para-hydroxylation sites is 2. The van der Waals surface area contributed by atoms with E-state index in [1.807, 2.05) is 0 Å². The Morgan fingerprint density at radius 2 is 1.66 bits per heavy atom. The highest BCUT2D eigenvalue weighted by atomic mass is 35.5. The first-order valence-electron chi connectivity index (χ1n) is 9.25. The Kier molecular flexibility index (Phi) is 5.80. The van der Waals surface area contributed by atoms with E-state index in [-0.39, 0.29) is 21.2 Å². The van der Waals surface area contributed by atoms with Crippen LogP contribution in [0.3, 0.4) is 0 Å². The predicted molar refractivity (Wildman–Crippen MR) is 120 cm³/mol. The molecule has 11 heteroatoms. The van der Waals surface area contributed by atoms with Gasteiger partial charge < -0.3 is 0 Å². The predicted octanol–water partition coefficient (Wildman–Crippen LogP) is 3.09. The second-order valence-corrected chi connectivity index (χ2v) is 8.75. The molecule has 0 spiro atoms. The number of hydrogen-bond acceptors (Lipinski definition) is 5. The number of anilines is 1. The Morgan fingerprint density at radius 3 is 2.47 bits per heavy atom. The number of hydrogen-bond donors (Lipinski definition) is 4. The minimum atomic E-state index is -4.00. The van der Waals surface area contributed by atoms with Crippen molar-refractivity contribution in [3.8, 4) is 0 Å². The summed E-state index contributed by atoms with van der Waals surface area (Å²) in [5.41, 5.74) is 5.66. The summed E-state index contributed by atoms with van der Waals surface area (Å²) in [4.78, 5) is 24.8. The molecule has 0 aliphatic carbocycles. The van der Waals surface area contributed by atoms with E-state index >= 15 is 0 Å². The van der Waals surface area contributed by atoms with E-state index in [4.69, 9.17) is 11.6 Å². The highest BCUT2D eigenvalue weighted by Gasteiger charge is 2.18. The third-order valence-electron chi connectivity index (χ3n) is 4.54. The normalized spacial score (nSPS) is 11.2. The van der Waals surface area contributed by atoms with Gasteiger partial charge in [0.05, 0.1) is 32.9 Å². The number of amides is 2. The number of fused-ring (bicyclic) bond motifs is 1. The molecule has 4 N–H and O–H groups in total. The summed E-state index contributed by atoms with van der Waals surface area (Å²) in [7, 11) is -4.00. The molecule has 0 aliphatic heterocycles. The van der Waals surface area contributed by atoms with Crippen LogP contribution in [0.2, 0.25) is 5.02 Å². The molecule has 0 radical (unpaired) electrons. The lowest BCUT2D eigenvalue weighted by molar-refractivity contribution is 0.0847. The smallest absolute Gasteiger partial charge is 0.271 e. The molecule has 0 aliphatic rings. The SMILES string of the molecule is O=C(NNC(=O)c1cccc2cn[nH]c12)c1cccc(S(=O)(=O)Nc2ccccc2Cl)c1. The second kappa shape index (κ2) is 8.69. The van der Waals surface area contributed by atoms with Crippen LogP contribution >= 0.6 is 11.6 Å². The van der Waals surface area contributed by atoms with Crippen LogP contribution in [0.4, 0.5) is 5.69 Å². The maximum Gasteiger partial charge on any atom is 0.271 e. The molecule has 4 rings (SSSR count). The van der Waals surface area contributed by atoms with Crippen LogP contribution in [0.5, 0.6) is 0 Å². The number of nitrogens with one attached hydrogen (secondary N) is 4. The lowest BCUT2D eigenvalue weighted by Crippen LogP contribution is -2.41. The van der Waals surface area contributed by atoms with Crippen LogP contribution in [0, 0.1) is 0 Å². The Labute approximate surface area is 187 Å². The zero-order chi connectivity index (χ0) is 22.7. The molecule has 0 bridgehead atoms. The molecule has 9 nitrogen and oxygen atoms in total. The van der Waals surface area contributed by atoms with Crippen molar-refractivity contribution in [2.24, 2.45) is 0 Å². The fourth-order valence-corrected chi connectivity index (χ4v) is 4.33. The summed E-state index contributed by atoms with van der Waals surface area (Å²) in [6.45, 7) is 0. The number of carbonyl (C=O) groups is 2. The van der Waals surface area contributed by atoms with Gasteiger partial charge in [-0.05, 0) is 36.4 Å². The topological polar surface area (TPSA) is 133 Å². The maximum absolute atomic E-state index is 12.7. The van der Waals surface area contributed by atoms with Crippen molar-refractivity contribution < 1.29 is 18.0 Å². The highest BCUT2D eigenvalue weighted by molar-refractivity contribution is 7.92. The van der Waals surface area contributed by atoms with Crippen molar-refractivity contribution >= 4 is 50.0 Å². The number of sulfonamides is 1. The average Bonchev–Trinajstić information content (AvgIpc) is 3.28. The van der Waals surface area contributed by atoms with Crippen molar-refractivity contribution in [2.45, 2.75) is 4.90 Å². The first-order chi connectivity index (χ1) is 15.3. The molecule has 2 amide bonds. The summed E-state index contributed by atoms with van der Waals surface area (Å²) in [6, 6.07) is 16.8. The monoisotopic (exact) mass is 469 g/mol. The summed E-state index contributed by atoms with van der Waals surface area (Å²) in [5.74, 6) is -1.25. The van der Waals surface area contributed by atoms with Gasteiger partial charge in [-0.2, -0.15) is 5.10 Å². The molecule has 4 aromatic rings. The van der Waals surface area contributed by atoms with Crippen molar-refractivity contribution in [1.29, 1.82) is 0 Å². The Bertz CT molecular complexity index is 1430. The number of carbonyl (C=O) groups excluding carboxylic acids is 2. The van der Waals surface area contributed by atoms with Gasteiger partial charge in [-0.25, -0.2) is 8.42 Å². The van der Waals surface area contributed by atoms with Gasteiger partial charge in [-0.15, -0.1) is 0 Å². The van der Waals surface area contributed by atoms with E-state index in [9.17, 15) is 18.0 Å². The lowest BCUT2D eigenvalue weighted by Gasteiger charge is -2.11. The number of H-pyrrole nitrogens is 1. The number of nitrogens with zero attached hydrogens (tertiary/aromatic N) is 1. The molecule has 3 aromatic carbocycles. The van der Waals surface area contributed by atoms with Crippen molar-refractivity contribution in [1.82, 2.24) is 21.0 Å². The third-order valence-corrected chi connectivity index (χ3v) is 6.23. The summed E-state index contributed by atoms with van der Waals surface area (Å²) < 4.78 is 27.8. The molecule has 32 heavy (non-hydrogen) atoms. The van der Waals surface area contributed by atoms with Gasteiger partial charge >= 0.3 is 0 Å². The highest BCUT2D eigenvalue weighted by Crippen LogP contribution is 2.24. The van der Waals surface area contributed by atoms with Crippen LogP contribution in [-0.4, -0.2) is 30.4 Å². The van der Waals surface area contributed by atoms with E-state index in [1.165, 1.54) is 30.3 Å². The van der Waals surface area contributed by atoms with Gasteiger partial charge in [-0.1, -0.05) is 41.9 Å². The third kappa shape index (κ3) is 4.41. The second-order valence-electron chi connectivity index (χ2n) is 6.66. The number of aromatic amines is 1. The average molecular weight is 470 g/mol. The largest absolute Gasteiger partial charge is 0.278 e. The molecule has 0 unspecified atom stereocenters. The molecule has 0 saturated heterocycles. The van der Waals surface area contributed by atoms with Gasteiger partial charge in [0.15, 0.2) is 0 Å². The fraction of sp³-hybridized carbons (Fsp3) is 0. The minimum absolute atomic E-state index is 0.0343. The minimum Gasteiger partial charge on any atom is -0.278 e. The van der Waals surface area contributed by atoms with E-state index in [1.54, 1.807) is 42.6 Å². The van der Waals surface area contributed by atoms with Crippen molar-refractivity contribution in [3.05, 3.63) is 89.1 Å². The molecule has 1 heterocycles. The van der Waals surface area contributed by atoms with Crippen LogP contribution in [-0.2, 0) is 10.0 Å². The Hall–Kier alpha value is -3.89. The number of aromatic nitrogens is 2. The molecular formula is C21H16ClN5O4S. The molecule has 0 fully saturated rings. The fourth-order valence-electron chi connectivity index (χ4n) is 2.96. The standard InChI is InChI=1S/C21H16ClN5O4S/c22-17-9-1-2-10-18(17)27-32(30,31)15-7-3-5-13(11-15)20(28)25-26-21(29)16-8-4-6-14-12-23-24-19(14)16/h1-12,27H,(H,23,24)(H,25,28)(H,26,29). The van der Waals surface area contributed by atoms with Gasteiger partial charge in [0.25, 0.3) is 21.8 Å². The van der Waals surface area contributed by atoms with Crippen LogP contribution < -0.4 is 15.6 Å². The van der Waals surface area contributed by atoms with Crippen LogP contribution in [0.15, 0.2) is 77.8 Å². The number of hydrazine groups is 1.